The van der Waals surface area contributed by atoms with Crippen molar-refractivity contribution in [1.29, 1.82) is 0 Å². The lowest BCUT2D eigenvalue weighted by Gasteiger charge is -2.39. The van der Waals surface area contributed by atoms with Crippen LogP contribution in [-0.4, -0.2) is 34.7 Å². The number of hydrogen-bond acceptors (Lipinski definition) is 7. The number of hydrogen-bond donors (Lipinski definition) is 2. The second-order valence-corrected chi connectivity index (χ2v) is 11.8. The van der Waals surface area contributed by atoms with Crippen LogP contribution in [0.5, 0.6) is 11.5 Å². The van der Waals surface area contributed by atoms with Crippen molar-refractivity contribution in [3.63, 3.8) is 0 Å². The van der Waals surface area contributed by atoms with Gasteiger partial charge in [0.1, 0.15) is 5.60 Å². The minimum absolute atomic E-state index is 0.00955. The van der Waals surface area contributed by atoms with Crippen molar-refractivity contribution in [3.05, 3.63) is 95.1 Å². The van der Waals surface area contributed by atoms with Gasteiger partial charge in [0.15, 0.2) is 11.5 Å². The molecule has 0 spiro atoms. The van der Waals surface area contributed by atoms with Crippen LogP contribution in [0.4, 0.5) is 0 Å². The fraction of sp³-hybridized carbons (Fsp3) is 0.419. The van der Waals surface area contributed by atoms with E-state index in [1.54, 1.807) is 6.07 Å². The van der Waals surface area contributed by atoms with Gasteiger partial charge in [-0.3, -0.25) is 9.05 Å². The summed E-state index contributed by atoms with van der Waals surface area (Å²) >= 11 is 0. The fourth-order valence-electron chi connectivity index (χ4n) is 5.19. The van der Waals surface area contributed by atoms with E-state index in [0.29, 0.717) is 36.9 Å². The maximum absolute atomic E-state index is 14.0. The zero-order valence-corrected chi connectivity index (χ0v) is 23.8. The van der Waals surface area contributed by atoms with Crippen LogP contribution in [0.25, 0.3) is 0 Å². The van der Waals surface area contributed by atoms with Gasteiger partial charge in [0, 0.05) is 12.1 Å². The fourth-order valence-corrected chi connectivity index (χ4v) is 6.41. The second kappa shape index (κ2) is 13.6. The number of aliphatic hydroxyl groups is 1. The minimum atomic E-state index is -4.19. The summed E-state index contributed by atoms with van der Waals surface area (Å²) in [6, 6.07) is 22.0. The number of phosphoric ester groups is 1. The molecule has 1 atom stereocenters. The van der Waals surface area contributed by atoms with E-state index in [2.05, 4.69) is 18.7 Å². The molecule has 3 aromatic carbocycles. The van der Waals surface area contributed by atoms with Crippen LogP contribution in [0.3, 0.4) is 0 Å². The van der Waals surface area contributed by atoms with E-state index < -0.39 is 13.4 Å². The van der Waals surface area contributed by atoms with Crippen LogP contribution in [0.1, 0.15) is 61.8 Å². The van der Waals surface area contributed by atoms with Crippen molar-refractivity contribution < 1.29 is 28.3 Å². The maximum atomic E-state index is 14.0. The molecule has 1 aliphatic carbocycles. The molecule has 0 heterocycles. The summed E-state index contributed by atoms with van der Waals surface area (Å²) in [4.78, 5) is 2.28. The number of nitrogens with zero attached hydrogens (tertiary/aromatic N) is 1. The molecule has 210 valence electrons. The van der Waals surface area contributed by atoms with Gasteiger partial charge in [-0.2, -0.15) is 0 Å². The highest BCUT2D eigenvalue weighted by atomic mass is 31.2. The van der Waals surface area contributed by atoms with Gasteiger partial charge in [0.25, 0.3) is 0 Å². The first-order valence-corrected chi connectivity index (χ1v) is 15.3. The van der Waals surface area contributed by atoms with Crippen molar-refractivity contribution in [1.82, 2.24) is 4.90 Å². The van der Waals surface area contributed by atoms with Crippen molar-refractivity contribution in [3.8, 4) is 11.5 Å². The Morgan fingerprint density at radius 1 is 0.872 bits per heavy atom. The first-order chi connectivity index (χ1) is 18.9. The molecule has 0 radical (unpaired) electrons. The first-order valence-electron chi connectivity index (χ1n) is 13.8. The summed E-state index contributed by atoms with van der Waals surface area (Å²) in [5.74, 6) is -0.114. The van der Waals surface area contributed by atoms with Crippen LogP contribution >= 0.6 is 7.82 Å². The number of phosphoric acid groups is 1. The third-order valence-corrected chi connectivity index (χ3v) is 8.29. The van der Waals surface area contributed by atoms with Crippen LogP contribution in [0, 0.1) is 0 Å². The van der Waals surface area contributed by atoms with Crippen LogP contribution in [0.15, 0.2) is 72.8 Å². The van der Waals surface area contributed by atoms with Crippen molar-refractivity contribution in [2.75, 3.05) is 19.6 Å². The van der Waals surface area contributed by atoms with Crippen molar-refractivity contribution >= 4 is 7.82 Å². The molecule has 0 aromatic heterocycles. The van der Waals surface area contributed by atoms with Gasteiger partial charge in [-0.1, -0.05) is 80.6 Å². The van der Waals surface area contributed by atoms with Gasteiger partial charge in [-0.15, -0.1) is 0 Å². The average Bonchev–Trinajstić information content (AvgIpc) is 2.94. The van der Waals surface area contributed by atoms with E-state index in [9.17, 15) is 14.8 Å². The smallest absolute Gasteiger partial charge is 0.504 e. The van der Waals surface area contributed by atoms with Crippen LogP contribution < -0.4 is 4.52 Å². The molecule has 8 heteroatoms. The molecule has 3 aromatic rings. The molecule has 0 amide bonds. The van der Waals surface area contributed by atoms with Gasteiger partial charge >= 0.3 is 7.82 Å². The molecule has 1 unspecified atom stereocenters. The molecule has 2 N–H and O–H groups in total. The Kier molecular flexibility index (Phi) is 10.2. The number of rotatable bonds is 14. The quantitative estimate of drug-likeness (QED) is 0.209. The van der Waals surface area contributed by atoms with Crippen molar-refractivity contribution in [2.45, 2.75) is 64.8 Å². The predicted octanol–water partition coefficient (Wildman–Crippen LogP) is 6.96. The molecule has 0 bridgehead atoms. The summed E-state index contributed by atoms with van der Waals surface area (Å²) in [7, 11) is -4.19. The topological polar surface area (TPSA) is 88.5 Å². The lowest BCUT2D eigenvalue weighted by atomic mass is 9.78. The highest BCUT2D eigenvalue weighted by Crippen LogP contribution is 2.55. The molecule has 0 fully saturated rings. The first kappa shape index (κ1) is 29.3. The van der Waals surface area contributed by atoms with Gasteiger partial charge in [-0.05, 0) is 68.0 Å². The van der Waals surface area contributed by atoms with E-state index in [4.69, 9.17) is 13.6 Å². The standard InChI is InChI=1S/C31H40NO6P/c1-3-20-32(21-4-2)24-31(34)19-11-16-27-28(31)17-18-29(33)30(27)38-39(35,36-22-25-12-7-5-8-13-25)37-23-26-14-9-6-10-15-26/h5-10,12-15,17-18,33-34H,3-4,11,16,19-24H2,1-2H3. The maximum Gasteiger partial charge on any atom is 0.530 e. The van der Waals surface area contributed by atoms with E-state index in [0.717, 1.165) is 37.1 Å². The van der Waals surface area contributed by atoms with E-state index >= 15 is 0 Å². The number of aromatic hydroxyl groups is 1. The number of phenols is 1. The predicted molar refractivity (Wildman–Crippen MR) is 153 cm³/mol. The third kappa shape index (κ3) is 7.71. The third-order valence-electron chi connectivity index (χ3n) is 6.99. The zero-order chi connectivity index (χ0) is 27.7. The Morgan fingerprint density at radius 3 is 1.97 bits per heavy atom. The largest absolute Gasteiger partial charge is 0.530 e. The van der Waals surface area contributed by atoms with E-state index in [1.807, 2.05) is 60.7 Å². The molecule has 4 rings (SSSR count). The summed E-state index contributed by atoms with van der Waals surface area (Å²) in [6.45, 7) is 6.55. The van der Waals surface area contributed by atoms with Gasteiger partial charge < -0.3 is 19.6 Å². The highest BCUT2D eigenvalue weighted by Gasteiger charge is 2.40. The SMILES string of the molecule is CCCN(CCC)CC1(O)CCCc2c1ccc(O)c2OP(=O)(OCc1ccccc1)OCc1ccccc1. The average molecular weight is 554 g/mol. The molecule has 39 heavy (non-hydrogen) atoms. The van der Waals surface area contributed by atoms with Crippen LogP contribution in [-0.2, 0) is 38.8 Å². The Labute approximate surface area is 232 Å². The summed E-state index contributed by atoms with van der Waals surface area (Å²) in [5.41, 5.74) is 1.85. The van der Waals surface area contributed by atoms with Gasteiger partial charge in [0.2, 0.25) is 0 Å². The Bertz CT molecular complexity index is 1190. The number of phenolic OH excluding ortho intramolecular Hbond substituents is 1. The molecular formula is C31H40NO6P. The molecule has 0 aliphatic heterocycles. The monoisotopic (exact) mass is 553 g/mol. The second-order valence-electron chi connectivity index (χ2n) is 10.2. The molecule has 7 nitrogen and oxygen atoms in total. The summed E-state index contributed by atoms with van der Waals surface area (Å²) < 4.78 is 31.6. The molecule has 1 aliphatic rings. The summed E-state index contributed by atoms with van der Waals surface area (Å²) in [6.07, 6.45) is 3.86. The molecular weight excluding hydrogens is 513 g/mol. The number of fused-ring (bicyclic) bond motifs is 1. The zero-order valence-electron chi connectivity index (χ0n) is 22.9. The van der Waals surface area contributed by atoms with E-state index in [-0.39, 0.29) is 24.7 Å². The van der Waals surface area contributed by atoms with Crippen LogP contribution in [0.2, 0.25) is 0 Å². The lowest BCUT2D eigenvalue weighted by Crippen LogP contribution is -2.43. The highest BCUT2D eigenvalue weighted by molar-refractivity contribution is 7.48. The Balaban J connectivity index is 1.64. The Hall–Kier alpha value is -2.67. The molecule has 0 saturated heterocycles. The minimum Gasteiger partial charge on any atom is -0.504 e. The van der Waals surface area contributed by atoms with E-state index in [1.165, 1.54) is 6.07 Å². The normalized spacial score (nSPS) is 17.2. The van der Waals surface area contributed by atoms with Gasteiger partial charge in [0.05, 0.1) is 13.2 Å². The lowest BCUT2D eigenvalue weighted by molar-refractivity contribution is -0.0160. The summed E-state index contributed by atoms with van der Waals surface area (Å²) in [5, 5.41) is 22.7. The molecule has 0 saturated carbocycles. The van der Waals surface area contributed by atoms with Crippen molar-refractivity contribution in [2.24, 2.45) is 0 Å². The Morgan fingerprint density at radius 2 is 1.44 bits per heavy atom. The van der Waals surface area contributed by atoms with Gasteiger partial charge in [-0.25, -0.2) is 4.57 Å². The number of benzene rings is 3.